The van der Waals surface area contributed by atoms with E-state index in [1.54, 1.807) is 0 Å². The number of hydrogen-bond acceptors (Lipinski definition) is 1. The van der Waals surface area contributed by atoms with Gasteiger partial charge in [-0.2, -0.15) is 0 Å². The lowest BCUT2D eigenvalue weighted by Crippen LogP contribution is -2.26. The number of hydrogen-bond donors (Lipinski definition) is 1. The Morgan fingerprint density at radius 1 is 1.53 bits per heavy atom. The van der Waals surface area contributed by atoms with Gasteiger partial charge in [0.25, 0.3) is 0 Å². The van der Waals surface area contributed by atoms with Crippen LogP contribution in [0.5, 0.6) is 0 Å². The SMILES string of the molecule is CCCn1ccc2c1CC(C)(C)CC2O. The van der Waals surface area contributed by atoms with Crippen LogP contribution in [0.25, 0.3) is 0 Å². The molecule has 15 heavy (non-hydrogen) atoms. The largest absolute Gasteiger partial charge is 0.388 e. The van der Waals surface area contributed by atoms with Crippen LogP contribution in [0.1, 0.15) is 51.0 Å². The van der Waals surface area contributed by atoms with Crippen molar-refractivity contribution < 1.29 is 5.11 Å². The Morgan fingerprint density at radius 3 is 2.93 bits per heavy atom. The molecule has 2 rings (SSSR count). The summed E-state index contributed by atoms with van der Waals surface area (Å²) in [5.74, 6) is 0. The maximum absolute atomic E-state index is 10.1. The Morgan fingerprint density at radius 2 is 2.27 bits per heavy atom. The third kappa shape index (κ3) is 1.96. The van der Waals surface area contributed by atoms with Gasteiger partial charge in [-0.15, -0.1) is 0 Å². The number of nitrogens with zero attached hydrogens (tertiary/aromatic N) is 1. The first-order valence-corrected chi connectivity index (χ1v) is 5.89. The van der Waals surface area contributed by atoms with E-state index < -0.39 is 0 Å². The number of aromatic nitrogens is 1. The summed E-state index contributed by atoms with van der Waals surface area (Å²) in [7, 11) is 0. The highest BCUT2D eigenvalue weighted by atomic mass is 16.3. The highest BCUT2D eigenvalue weighted by molar-refractivity contribution is 5.29. The van der Waals surface area contributed by atoms with Crippen LogP contribution < -0.4 is 0 Å². The van der Waals surface area contributed by atoms with E-state index in [9.17, 15) is 5.11 Å². The Balaban J connectivity index is 2.36. The minimum Gasteiger partial charge on any atom is -0.388 e. The molecular weight excluding hydrogens is 186 g/mol. The molecule has 0 aromatic carbocycles. The Hall–Kier alpha value is -0.760. The summed E-state index contributed by atoms with van der Waals surface area (Å²) in [6, 6.07) is 2.09. The minimum atomic E-state index is -0.262. The van der Waals surface area contributed by atoms with Crippen LogP contribution in [0.15, 0.2) is 12.3 Å². The second kappa shape index (κ2) is 3.67. The zero-order valence-corrected chi connectivity index (χ0v) is 9.95. The lowest BCUT2D eigenvalue weighted by atomic mass is 9.75. The molecule has 1 aliphatic carbocycles. The first-order chi connectivity index (χ1) is 7.03. The van der Waals surface area contributed by atoms with E-state index in [1.807, 2.05) is 0 Å². The Kier molecular flexibility index (Phi) is 2.63. The van der Waals surface area contributed by atoms with Gasteiger partial charge in [0.1, 0.15) is 0 Å². The van der Waals surface area contributed by atoms with Crippen LogP contribution in [-0.4, -0.2) is 9.67 Å². The molecule has 0 bridgehead atoms. The smallest absolute Gasteiger partial charge is 0.0812 e. The Bertz CT molecular complexity index is 351. The van der Waals surface area contributed by atoms with Gasteiger partial charge in [0, 0.05) is 24.0 Å². The summed E-state index contributed by atoms with van der Waals surface area (Å²) in [5, 5.41) is 10.1. The van der Waals surface area contributed by atoms with Gasteiger partial charge >= 0.3 is 0 Å². The van der Waals surface area contributed by atoms with Gasteiger partial charge in [0.2, 0.25) is 0 Å². The molecule has 2 nitrogen and oxygen atoms in total. The van der Waals surface area contributed by atoms with E-state index in [0.29, 0.717) is 0 Å². The van der Waals surface area contributed by atoms with Crippen molar-refractivity contribution in [3.05, 3.63) is 23.5 Å². The zero-order valence-electron chi connectivity index (χ0n) is 9.95. The van der Waals surface area contributed by atoms with Crippen molar-refractivity contribution in [1.82, 2.24) is 4.57 Å². The molecule has 0 saturated carbocycles. The molecule has 1 N–H and O–H groups in total. The molecule has 0 spiro atoms. The summed E-state index contributed by atoms with van der Waals surface area (Å²) >= 11 is 0. The molecule has 1 aromatic heterocycles. The lowest BCUT2D eigenvalue weighted by Gasteiger charge is -2.33. The van der Waals surface area contributed by atoms with Crippen LogP contribution >= 0.6 is 0 Å². The van der Waals surface area contributed by atoms with Crippen molar-refractivity contribution in [1.29, 1.82) is 0 Å². The predicted octanol–water partition coefficient (Wildman–Crippen LogP) is 2.90. The van der Waals surface area contributed by atoms with Crippen LogP contribution in [0, 0.1) is 5.41 Å². The van der Waals surface area contributed by atoms with Gasteiger partial charge in [0.15, 0.2) is 0 Å². The van der Waals surface area contributed by atoms with Crippen LogP contribution in [0.2, 0.25) is 0 Å². The fourth-order valence-corrected chi connectivity index (χ4v) is 2.64. The number of aliphatic hydroxyl groups excluding tert-OH is 1. The van der Waals surface area contributed by atoms with Crippen molar-refractivity contribution in [3.8, 4) is 0 Å². The molecule has 84 valence electrons. The van der Waals surface area contributed by atoms with E-state index in [4.69, 9.17) is 0 Å². The predicted molar refractivity (Wildman–Crippen MR) is 61.8 cm³/mol. The quantitative estimate of drug-likeness (QED) is 0.792. The normalized spacial score (nSPS) is 23.9. The topological polar surface area (TPSA) is 25.2 Å². The number of rotatable bonds is 2. The van der Waals surface area contributed by atoms with Crippen LogP contribution in [0.3, 0.4) is 0 Å². The van der Waals surface area contributed by atoms with Gasteiger partial charge in [-0.3, -0.25) is 0 Å². The van der Waals surface area contributed by atoms with Gasteiger partial charge in [-0.05, 0) is 30.7 Å². The molecule has 1 aliphatic rings. The van der Waals surface area contributed by atoms with E-state index >= 15 is 0 Å². The van der Waals surface area contributed by atoms with Crippen molar-refractivity contribution in [2.75, 3.05) is 0 Å². The molecule has 1 atom stereocenters. The zero-order chi connectivity index (χ0) is 11.1. The third-order valence-electron chi connectivity index (χ3n) is 3.33. The number of fused-ring (bicyclic) bond motifs is 1. The average Bonchev–Trinajstić information content (AvgIpc) is 2.47. The molecule has 0 radical (unpaired) electrons. The van der Waals surface area contributed by atoms with Gasteiger partial charge in [-0.1, -0.05) is 20.8 Å². The minimum absolute atomic E-state index is 0.232. The highest BCUT2D eigenvalue weighted by Crippen LogP contribution is 2.41. The summed E-state index contributed by atoms with van der Waals surface area (Å²) in [5.41, 5.74) is 2.74. The first kappa shape index (κ1) is 10.7. The van der Waals surface area contributed by atoms with Gasteiger partial charge in [0.05, 0.1) is 6.10 Å². The average molecular weight is 207 g/mol. The van der Waals surface area contributed by atoms with Gasteiger partial charge in [-0.25, -0.2) is 0 Å². The summed E-state index contributed by atoms with van der Waals surface area (Å²) < 4.78 is 2.31. The molecule has 0 fully saturated rings. The highest BCUT2D eigenvalue weighted by Gasteiger charge is 2.32. The molecular formula is C13H21NO. The molecule has 0 amide bonds. The van der Waals surface area contributed by atoms with Crippen molar-refractivity contribution in [3.63, 3.8) is 0 Å². The second-order valence-corrected chi connectivity index (χ2v) is 5.47. The summed E-state index contributed by atoms with van der Waals surface area (Å²) in [4.78, 5) is 0. The van der Waals surface area contributed by atoms with E-state index in [0.717, 1.165) is 31.4 Å². The molecule has 0 aliphatic heterocycles. The summed E-state index contributed by atoms with van der Waals surface area (Å²) in [6.07, 6.45) is 4.99. The van der Waals surface area contributed by atoms with Crippen molar-refractivity contribution in [2.24, 2.45) is 5.41 Å². The molecule has 1 unspecified atom stereocenters. The lowest BCUT2D eigenvalue weighted by molar-refractivity contribution is 0.0979. The van der Waals surface area contributed by atoms with Gasteiger partial charge < -0.3 is 9.67 Å². The fourth-order valence-electron chi connectivity index (χ4n) is 2.64. The molecule has 1 heterocycles. The summed E-state index contributed by atoms with van der Waals surface area (Å²) in [6.45, 7) is 7.74. The van der Waals surface area contributed by atoms with Crippen LogP contribution in [0.4, 0.5) is 0 Å². The van der Waals surface area contributed by atoms with E-state index in [2.05, 4.69) is 37.6 Å². The molecule has 1 aromatic rings. The van der Waals surface area contributed by atoms with E-state index in [1.165, 1.54) is 5.69 Å². The monoisotopic (exact) mass is 207 g/mol. The van der Waals surface area contributed by atoms with Crippen molar-refractivity contribution >= 4 is 0 Å². The maximum atomic E-state index is 10.1. The number of aliphatic hydroxyl groups is 1. The molecule has 0 saturated heterocycles. The van der Waals surface area contributed by atoms with Crippen LogP contribution in [-0.2, 0) is 13.0 Å². The molecule has 2 heteroatoms. The maximum Gasteiger partial charge on any atom is 0.0812 e. The van der Waals surface area contributed by atoms with E-state index in [-0.39, 0.29) is 11.5 Å². The Labute approximate surface area is 91.9 Å². The first-order valence-electron chi connectivity index (χ1n) is 5.89. The third-order valence-corrected chi connectivity index (χ3v) is 3.33. The second-order valence-electron chi connectivity index (χ2n) is 5.47. The standard InChI is InChI=1S/C13H21NO/c1-4-6-14-7-5-10-11(14)8-13(2,3)9-12(10)15/h5,7,12,15H,4,6,8-9H2,1-3H3. The fraction of sp³-hybridized carbons (Fsp3) is 0.692. The van der Waals surface area contributed by atoms with Crippen molar-refractivity contribution in [2.45, 2.75) is 52.7 Å². The number of aryl methyl sites for hydroxylation is 1.